The number of hydrogen-bond donors (Lipinski definition) is 1. The summed E-state index contributed by atoms with van der Waals surface area (Å²) in [6.07, 6.45) is 7.58. The van der Waals surface area contributed by atoms with Gasteiger partial charge in [0.05, 0.1) is 13.7 Å². The van der Waals surface area contributed by atoms with Gasteiger partial charge in [-0.2, -0.15) is 0 Å². The predicted octanol–water partition coefficient (Wildman–Crippen LogP) is 3.05. The molecule has 2 heterocycles. The number of nitrogens with zero attached hydrogens (tertiary/aromatic N) is 3. The summed E-state index contributed by atoms with van der Waals surface area (Å²) in [5, 5.41) is 3.19. The van der Waals surface area contributed by atoms with Gasteiger partial charge < -0.3 is 4.74 Å². The van der Waals surface area contributed by atoms with Crippen LogP contribution < -0.4 is 0 Å². The molecule has 0 saturated heterocycles. The number of hydrogen-bond acceptors (Lipinski definition) is 3. The Hall–Kier alpha value is -2.29. The van der Waals surface area contributed by atoms with Gasteiger partial charge in [-0.3, -0.25) is 9.61 Å². The number of rotatable bonds is 2. The number of nitrogens with one attached hydrogen (secondary N) is 1. The average Bonchev–Trinajstić information content (AvgIpc) is 3.04. The minimum Gasteiger partial charge on any atom is -0.466 e. The molecule has 2 aromatic heterocycles. The van der Waals surface area contributed by atoms with Crippen molar-refractivity contribution in [2.75, 3.05) is 7.11 Å². The van der Waals surface area contributed by atoms with Crippen molar-refractivity contribution in [3.8, 4) is 0 Å². The Morgan fingerprint density at radius 2 is 2.25 bits per heavy atom. The third kappa shape index (κ3) is 1.95. The van der Waals surface area contributed by atoms with Gasteiger partial charge in [0.25, 0.3) is 0 Å². The molecule has 0 unspecified atom stereocenters. The van der Waals surface area contributed by atoms with Crippen molar-refractivity contribution in [3.63, 3.8) is 0 Å². The summed E-state index contributed by atoms with van der Waals surface area (Å²) in [5.74, 6) is 0.812. The van der Waals surface area contributed by atoms with Crippen LogP contribution in [-0.2, 0) is 4.74 Å². The molecule has 3 rings (SSSR count). The second kappa shape index (κ2) is 5.00. The van der Waals surface area contributed by atoms with Gasteiger partial charge >= 0.3 is 5.97 Å². The van der Waals surface area contributed by atoms with Crippen LogP contribution in [0, 0.1) is 6.57 Å². The van der Waals surface area contributed by atoms with Crippen LogP contribution in [0.5, 0.6) is 0 Å². The first-order valence-corrected chi connectivity index (χ1v) is 6.81. The maximum Gasteiger partial charge on any atom is 0.331 e. The molecule has 2 aromatic rings. The van der Waals surface area contributed by atoms with Crippen LogP contribution in [0.25, 0.3) is 10.5 Å². The second-order valence-electron chi connectivity index (χ2n) is 5.13. The molecule has 1 aliphatic rings. The van der Waals surface area contributed by atoms with Crippen LogP contribution in [-0.4, -0.2) is 27.7 Å². The van der Waals surface area contributed by atoms with Crippen molar-refractivity contribution >= 4 is 17.3 Å². The second-order valence-corrected chi connectivity index (χ2v) is 5.13. The van der Waals surface area contributed by atoms with E-state index in [2.05, 4.69) is 14.9 Å². The Morgan fingerprint density at radius 3 is 2.90 bits per heavy atom. The van der Waals surface area contributed by atoms with Gasteiger partial charge in [0.1, 0.15) is 11.4 Å². The molecule has 0 aromatic carbocycles. The standard InChI is InChI=1S/C14H16N4O2/c1-15-10-8-18-13(11(10)14(19)20-2)16-12(17-18)9-6-4-3-5-7-9/h8-9H,3-7H2,2H3,(H,16,17). The number of aromatic nitrogens is 3. The summed E-state index contributed by atoms with van der Waals surface area (Å²) >= 11 is 0. The third-order valence-corrected chi connectivity index (χ3v) is 3.92. The van der Waals surface area contributed by atoms with Crippen molar-refractivity contribution in [2.45, 2.75) is 38.0 Å². The van der Waals surface area contributed by atoms with Crippen LogP contribution in [0.3, 0.4) is 0 Å². The maximum atomic E-state index is 11.8. The highest BCUT2D eigenvalue weighted by Crippen LogP contribution is 2.33. The fourth-order valence-corrected chi connectivity index (χ4v) is 2.88. The largest absolute Gasteiger partial charge is 0.466 e. The molecule has 6 nitrogen and oxygen atoms in total. The molecule has 0 bridgehead atoms. The molecule has 1 aliphatic carbocycles. The fraction of sp³-hybridized carbons (Fsp3) is 0.500. The third-order valence-electron chi connectivity index (χ3n) is 3.92. The lowest BCUT2D eigenvalue weighted by molar-refractivity contribution is 0.0604. The van der Waals surface area contributed by atoms with Gasteiger partial charge in [0, 0.05) is 12.1 Å². The summed E-state index contributed by atoms with van der Waals surface area (Å²) in [6, 6.07) is 0. The molecule has 0 spiro atoms. The number of ether oxygens (including phenoxy) is 1. The summed E-state index contributed by atoms with van der Waals surface area (Å²) < 4.78 is 6.41. The number of carbonyl (C=O) groups excluding carboxylic acids is 1. The van der Waals surface area contributed by atoms with E-state index in [4.69, 9.17) is 11.3 Å². The minimum atomic E-state index is -0.514. The van der Waals surface area contributed by atoms with Crippen LogP contribution in [0.4, 0.5) is 5.69 Å². The summed E-state index contributed by atoms with van der Waals surface area (Å²) in [7, 11) is 1.31. The van der Waals surface area contributed by atoms with E-state index in [0.717, 1.165) is 18.7 Å². The van der Waals surface area contributed by atoms with E-state index in [0.29, 0.717) is 11.6 Å². The Morgan fingerprint density at radius 1 is 1.50 bits per heavy atom. The number of carbonyl (C=O) groups is 1. The first kappa shape index (κ1) is 12.7. The van der Waals surface area contributed by atoms with E-state index in [1.807, 2.05) is 0 Å². The molecule has 0 radical (unpaired) electrons. The molecule has 20 heavy (non-hydrogen) atoms. The Labute approximate surface area is 116 Å². The van der Waals surface area contributed by atoms with Gasteiger partial charge in [-0.25, -0.2) is 14.6 Å². The first-order valence-electron chi connectivity index (χ1n) is 6.81. The molecule has 1 saturated carbocycles. The minimum absolute atomic E-state index is 0.251. The van der Waals surface area contributed by atoms with Gasteiger partial charge in [-0.1, -0.05) is 19.3 Å². The Balaban J connectivity index is 2.05. The summed E-state index contributed by atoms with van der Waals surface area (Å²) in [6.45, 7) is 7.14. The number of fused-ring (bicyclic) bond motifs is 1. The smallest absolute Gasteiger partial charge is 0.331 e. The van der Waals surface area contributed by atoms with Gasteiger partial charge in [-0.15, -0.1) is 0 Å². The zero-order valence-corrected chi connectivity index (χ0v) is 11.3. The zero-order valence-electron chi connectivity index (χ0n) is 11.3. The van der Waals surface area contributed by atoms with Crippen LogP contribution in [0.15, 0.2) is 6.20 Å². The maximum absolute atomic E-state index is 11.8. The number of esters is 1. The lowest BCUT2D eigenvalue weighted by Crippen LogP contribution is -2.06. The molecule has 0 atom stereocenters. The Kier molecular flexibility index (Phi) is 3.18. The van der Waals surface area contributed by atoms with E-state index >= 15 is 0 Å². The molecule has 1 N–H and O–H groups in total. The topological polar surface area (TPSA) is 63.8 Å². The zero-order chi connectivity index (χ0) is 14.1. The van der Waals surface area contributed by atoms with Crippen molar-refractivity contribution in [1.82, 2.24) is 14.6 Å². The number of H-pyrrole nitrogens is 1. The van der Waals surface area contributed by atoms with Crippen molar-refractivity contribution in [3.05, 3.63) is 29.0 Å². The average molecular weight is 272 g/mol. The van der Waals surface area contributed by atoms with E-state index in [1.54, 1.807) is 10.7 Å². The highest BCUT2D eigenvalue weighted by atomic mass is 16.5. The molecular formula is C14H16N4O2. The highest BCUT2D eigenvalue weighted by Gasteiger charge is 2.24. The van der Waals surface area contributed by atoms with E-state index in [-0.39, 0.29) is 11.3 Å². The van der Waals surface area contributed by atoms with Crippen LogP contribution in [0.2, 0.25) is 0 Å². The van der Waals surface area contributed by atoms with Crippen molar-refractivity contribution in [2.24, 2.45) is 0 Å². The SMILES string of the molecule is [C-]#[N+]c1cn2[nH]c(C3CCCCC3)nc2c1C(=O)OC. The van der Waals surface area contributed by atoms with E-state index < -0.39 is 5.97 Å². The van der Waals surface area contributed by atoms with Gasteiger partial charge in [0.15, 0.2) is 5.65 Å². The summed E-state index contributed by atoms with van der Waals surface area (Å²) in [4.78, 5) is 19.7. The van der Waals surface area contributed by atoms with Crippen molar-refractivity contribution < 1.29 is 9.53 Å². The molecule has 6 heteroatoms. The van der Waals surface area contributed by atoms with Crippen molar-refractivity contribution in [1.29, 1.82) is 0 Å². The van der Waals surface area contributed by atoms with Gasteiger partial charge in [0.2, 0.25) is 5.69 Å². The molecule has 1 fully saturated rings. The number of aromatic amines is 1. The van der Waals surface area contributed by atoms with Crippen LogP contribution >= 0.6 is 0 Å². The van der Waals surface area contributed by atoms with Crippen LogP contribution in [0.1, 0.15) is 54.2 Å². The molecule has 104 valence electrons. The predicted molar refractivity (Wildman–Crippen MR) is 73.0 cm³/mol. The molecule has 0 aliphatic heterocycles. The first-order chi connectivity index (χ1) is 9.74. The molecular weight excluding hydrogens is 256 g/mol. The molecule has 0 amide bonds. The Bertz CT molecular complexity index is 686. The lowest BCUT2D eigenvalue weighted by atomic mass is 9.89. The quantitative estimate of drug-likeness (QED) is 0.675. The fourth-order valence-electron chi connectivity index (χ4n) is 2.88. The number of methoxy groups -OCH3 is 1. The van der Waals surface area contributed by atoms with E-state index in [1.165, 1.54) is 26.4 Å². The lowest BCUT2D eigenvalue weighted by Gasteiger charge is -2.18. The normalized spacial score (nSPS) is 16.2. The highest BCUT2D eigenvalue weighted by molar-refractivity contribution is 6.02. The monoisotopic (exact) mass is 272 g/mol. The summed E-state index contributed by atoms with van der Waals surface area (Å²) in [5.41, 5.74) is 1.01. The van der Waals surface area contributed by atoms with Gasteiger partial charge in [-0.05, 0) is 12.8 Å². The van der Waals surface area contributed by atoms with E-state index in [9.17, 15) is 4.79 Å².